The van der Waals surface area contributed by atoms with Gasteiger partial charge in [-0.05, 0) is 54.7 Å². The van der Waals surface area contributed by atoms with Crippen LogP contribution < -0.4 is 9.46 Å². The molecule has 1 aliphatic carbocycles. The van der Waals surface area contributed by atoms with Gasteiger partial charge in [-0.2, -0.15) is 13.2 Å². The van der Waals surface area contributed by atoms with Gasteiger partial charge in [-0.25, -0.2) is 13.1 Å². The number of ether oxygens (including phenoxy) is 1. The van der Waals surface area contributed by atoms with Gasteiger partial charge < -0.3 is 4.74 Å². The van der Waals surface area contributed by atoms with Gasteiger partial charge in [-0.3, -0.25) is 4.79 Å². The molecule has 0 unspecified atom stereocenters. The van der Waals surface area contributed by atoms with Gasteiger partial charge in [0, 0.05) is 33.1 Å². The number of hydrogen-bond acceptors (Lipinski definition) is 4. The number of alkyl halides is 3. The van der Waals surface area contributed by atoms with E-state index in [1.54, 1.807) is 40.8 Å². The van der Waals surface area contributed by atoms with E-state index in [1.807, 2.05) is 0 Å². The van der Waals surface area contributed by atoms with E-state index in [4.69, 9.17) is 4.74 Å². The molecule has 0 aliphatic heterocycles. The van der Waals surface area contributed by atoms with Gasteiger partial charge >= 0.3 is 6.18 Å². The average Bonchev–Trinajstić information content (AvgIpc) is 2.65. The molecule has 30 heavy (non-hydrogen) atoms. The number of benzene rings is 2. The summed E-state index contributed by atoms with van der Waals surface area (Å²) in [6, 6.07) is 7.11. The molecule has 0 amide bonds. The molecule has 0 saturated carbocycles. The van der Waals surface area contributed by atoms with E-state index in [9.17, 15) is 26.4 Å². The highest BCUT2D eigenvalue weighted by Crippen LogP contribution is 2.37. The van der Waals surface area contributed by atoms with Crippen LogP contribution in [0.5, 0.6) is 5.75 Å². The summed E-state index contributed by atoms with van der Waals surface area (Å²) < 4.78 is 72.9. The number of fused-ring (bicyclic) bond motifs is 1. The molecule has 0 fully saturated rings. The highest BCUT2D eigenvalue weighted by atomic mass is 127. The molecule has 0 radical (unpaired) electrons. The van der Waals surface area contributed by atoms with Crippen LogP contribution in [-0.2, 0) is 27.4 Å². The minimum Gasteiger partial charge on any atom is -0.485 e. The van der Waals surface area contributed by atoms with Gasteiger partial charge in [0.15, 0.2) is 6.61 Å². The van der Waals surface area contributed by atoms with Crippen LogP contribution in [-0.4, -0.2) is 18.8 Å². The second-order valence-electron chi connectivity index (χ2n) is 6.71. The molecular weight excluding hydrogens is 602 g/mol. The Hall–Kier alpha value is -1.18. The molecule has 0 heterocycles. The zero-order chi connectivity index (χ0) is 22.1. The van der Waals surface area contributed by atoms with E-state index in [-0.39, 0.29) is 14.9 Å². The molecule has 0 bridgehead atoms. The molecule has 5 nitrogen and oxygen atoms in total. The SMILES string of the molecule is O=C(I)COc1cccc2c1CCC[C@H]2NS(=O)(=O)c1cc(Br)cc(C(F)(F)F)c1. The maximum Gasteiger partial charge on any atom is 0.416 e. The van der Waals surface area contributed by atoms with Gasteiger partial charge in [0.25, 0.3) is 0 Å². The molecule has 11 heteroatoms. The largest absolute Gasteiger partial charge is 0.485 e. The Bertz CT molecular complexity index is 1080. The van der Waals surface area contributed by atoms with Crippen molar-refractivity contribution in [2.24, 2.45) is 0 Å². The topological polar surface area (TPSA) is 72.5 Å². The second kappa shape index (κ2) is 9.13. The smallest absolute Gasteiger partial charge is 0.416 e. The quantitative estimate of drug-likeness (QED) is 0.359. The first kappa shape index (κ1) is 23.5. The third-order valence-electron chi connectivity index (χ3n) is 4.61. The van der Waals surface area contributed by atoms with Crippen LogP contribution in [0, 0.1) is 0 Å². The van der Waals surface area contributed by atoms with Crippen molar-refractivity contribution in [1.29, 1.82) is 0 Å². The monoisotopic (exact) mass is 617 g/mol. The highest BCUT2D eigenvalue weighted by molar-refractivity contribution is 14.1. The van der Waals surface area contributed by atoms with E-state index in [1.165, 1.54) is 0 Å². The summed E-state index contributed by atoms with van der Waals surface area (Å²) in [4.78, 5) is 10.7. The van der Waals surface area contributed by atoms with Crippen molar-refractivity contribution in [1.82, 2.24) is 4.72 Å². The van der Waals surface area contributed by atoms with Crippen LogP contribution in [0.15, 0.2) is 45.8 Å². The Balaban J connectivity index is 1.92. The Morgan fingerprint density at radius 2 is 2.00 bits per heavy atom. The van der Waals surface area contributed by atoms with Crippen molar-refractivity contribution < 1.29 is 31.1 Å². The van der Waals surface area contributed by atoms with Crippen molar-refractivity contribution in [3.8, 4) is 5.75 Å². The summed E-state index contributed by atoms with van der Waals surface area (Å²) >= 11 is 4.58. The van der Waals surface area contributed by atoms with Gasteiger partial charge in [0.1, 0.15) is 5.75 Å². The van der Waals surface area contributed by atoms with Crippen LogP contribution in [0.2, 0.25) is 0 Å². The number of carbonyl (C=O) groups is 1. The van der Waals surface area contributed by atoms with E-state index in [0.29, 0.717) is 36.6 Å². The number of rotatable bonds is 6. The molecule has 1 N–H and O–H groups in total. The van der Waals surface area contributed by atoms with Crippen molar-refractivity contribution in [3.63, 3.8) is 0 Å². The van der Waals surface area contributed by atoms with Crippen LogP contribution in [0.4, 0.5) is 13.2 Å². The summed E-state index contributed by atoms with van der Waals surface area (Å²) in [6.07, 6.45) is -2.88. The summed E-state index contributed by atoms with van der Waals surface area (Å²) in [6.45, 7) is -0.105. The lowest BCUT2D eigenvalue weighted by molar-refractivity contribution is -0.137. The number of nitrogens with one attached hydrogen (secondary N) is 1. The first-order valence-electron chi connectivity index (χ1n) is 8.80. The number of sulfonamides is 1. The van der Waals surface area contributed by atoms with E-state index in [0.717, 1.165) is 17.7 Å². The molecule has 0 aromatic heterocycles. The number of hydrogen-bond donors (Lipinski definition) is 1. The average molecular weight is 618 g/mol. The van der Waals surface area contributed by atoms with Crippen molar-refractivity contribution in [2.45, 2.75) is 36.4 Å². The van der Waals surface area contributed by atoms with Gasteiger partial charge in [-0.15, -0.1) is 0 Å². The maximum atomic E-state index is 13.1. The molecule has 1 aliphatic rings. The Morgan fingerprint density at radius 3 is 2.67 bits per heavy atom. The van der Waals surface area contributed by atoms with E-state index >= 15 is 0 Å². The third-order valence-corrected chi connectivity index (χ3v) is 6.83. The third kappa shape index (κ3) is 5.54. The standard InChI is InChI=1S/C19H16BrF3INO4S/c20-12-7-11(19(21,22)23)8-13(9-12)30(27,28)25-16-5-1-4-15-14(16)3-2-6-17(15)29-10-18(24)26/h2-3,6-9,16,25H,1,4-5,10H2/t16-/m1/s1. The molecule has 3 rings (SSSR count). The van der Waals surface area contributed by atoms with E-state index < -0.39 is 32.7 Å². The van der Waals surface area contributed by atoms with E-state index in [2.05, 4.69) is 20.7 Å². The Kier molecular flexibility index (Phi) is 7.15. The number of halogens is 5. The lowest BCUT2D eigenvalue weighted by atomic mass is 9.87. The van der Waals surface area contributed by atoms with Gasteiger partial charge in [0.05, 0.1) is 10.5 Å². The molecule has 1 atom stereocenters. The predicted molar refractivity (Wildman–Crippen MR) is 116 cm³/mol. The van der Waals surface area contributed by atoms with Crippen LogP contribution in [0.1, 0.15) is 35.6 Å². The molecule has 2 aromatic carbocycles. The fourth-order valence-electron chi connectivity index (χ4n) is 3.34. The lowest BCUT2D eigenvalue weighted by Crippen LogP contribution is -2.31. The van der Waals surface area contributed by atoms with Crippen molar-refractivity contribution >= 4 is 52.3 Å². The summed E-state index contributed by atoms with van der Waals surface area (Å²) in [7, 11) is -4.22. The Labute approximate surface area is 193 Å². The van der Waals surface area contributed by atoms with Crippen LogP contribution in [0.3, 0.4) is 0 Å². The maximum absolute atomic E-state index is 13.1. The lowest BCUT2D eigenvalue weighted by Gasteiger charge is -2.28. The normalized spacial score (nSPS) is 16.8. The predicted octanol–water partition coefficient (Wildman–Crippen LogP) is 5.16. The number of carbonyl (C=O) groups excluding carboxylic acids is 1. The first-order valence-corrected chi connectivity index (χ1v) is 12.2. The summed E-state index contributed by atoms with van der Waals surface area (Å²) in [5, 5.41) is 0. The fourth-order valence-corrected chi connectivity index (χ4v) is 5.46. The van der Waals surface area contributed by atoms with Crippen molar-refractivity contribution in [2.75, 3.05) is 6.61 Å². The fraction of sp³-hybridized carbons (Fsp3) is 0.316. The minimum absolute atomic E-state index is 0.0147. The van der Waals surface area contributed by atoms with Gasteiger partial charge in [-0.1, -0.05) is 28.1 Å². The zero-order valence-electron chi connectivity index (χ0n) is 15.3. The zero-order valence-corrected chi connectivity index (χ0v) is 19.9. The molecule has 0 spiro atoms. The molecule has 2 aromatic rings. The van der Waals surface area contributed by atoms with Crippen LogP contribution in [0.25, 0.3) is 0 Å². The van der Waals surface area contributed by atoms with Crippen molar-refractivity contribution in [3.05, 3.63) is 57.6 Å². The van der Waals surface area contributed by atoms with Crippen LogP contribution >= 0.6 is 38.5 Å². The first-order chi connectivity index (χ1) is 14.0. The van der Waals surface area contributed by atoms with Gasteiger partial charge in [0.2, 0.25) is 13.8 Å². The second-order valence-corrected chi connectivity index (χ2v) is 10.5. The Morgan fingerprint density at radius 1 is 1.27 bits per heavy atom. The highest BCUT2D eigenvalue weighted by Gasteiger charge is 2.33. The minimum atomic E-state index is -4.67. The summed E-state index contributed by atoms with van der Waals surface area (Å²) in [5.74, 6) is 0.503. The molecule has 162 valence electrons. The summed E-state index contributed by atoms with van der Waals surface area (Å²) in [5.41, 5.74) is 0.425. The molecular formula is C19H16BrF3INO4S. The molecule has 0 saturated heterocycles.